The van der Waals surface area contributed by atoms with E-state index in [2.05, 4.69) is 10.3 Å². The van der Waals surface area contributed by atoms with E-state index in [0.29, 0.717) is 44.8 Å². The van der Waals surface area contributed by atoms with E-state index in [4.69, 9.17) is 11.6 Å². The molecule has 0 saturated heterocycles. The van der Waals surface area contributed by atoms with Gasteiger partial charge in [0.05, 0.1) is 16.7 Å². The molecule has 2 aromatic heterocycles. The highest BCUT2D eigenvalue weighted by molar-refractivity contribution is 6.31. The third-order valence-corrected chi connectivity index (χ3v) is 5.01. The average Bonchev–Trinajstić information content (AvgIpc) is 2.69. The number of fused-ring (bicyclic) bond motifs is 2. The third kappa shape index (κ3) is 3.47. The van der Waals surface area contributed by atoms with Crippen LogP contribution in [0.25, 0.3) is 21.8 Å². The van der Waals surface area contributed by atoms with Gasteiger partial charge in [-0.25, -0.2) is 4.39 Å². The summed E-state index contributed by atoms with van der Waals surface area (Å²) in [6, 6.07) is 10.8. The zero-order valence-electron chi connectivity index (χ0n) is 15.8. The Bertz CT molecular complexity index is 1350. The lowest BCUT2D eigenvalue weighted by molar-refractivity contribution is 0.102. The molecule has 0 atom stereocenters. The van der Waals surface area contributed by atoms with Crippen molar-refractivity contribution in [1.29, 1.82) is 0 Å². The van der Waals surface area contributed by atoms with E-state index in [1.165, 1.54) is 18.3 Å². The summed E-state index contributed by atoms with van der Waals surface area (Å²) in [5, 5.41) is 4.00. The minimum Gasteiger partial charge on any atom is -0.347 e. The minimum absolute atomic E-state index is 0.0133. The van der Waals surface area contributed by atoms with Gasteiger partial charge in [0.1, 0.15) is 11.4 Å². The van der Waals surface area contributed by atoms with Gasteiger partial charge in [-0.3, -0.25) is 14.6 Å². The summed E-state index contributed by atoms with van der Waals surface area (Å²) in [5.74, 6) is -1.01. The summed E-state index contributed by atoms with van der Waals surface area (Å²) in [4.78, 5) is 30.3. The van der Waals surface area contributed by atoms with E-state index in [0.717, 1.165) is 0 Å². The number of anilines is 1. The molecule has 0 bridgehead atoms. The lowest BCUT2D eigenvalue weighted by atomic mass is 10.1. The van der Waals surface area contributed by atoms with E-state index in [1.54, 1.807) is 37.3 Å². The van der Waals surface area contributed by atoms with E-state index in [-0.39, 0.29) is 5.56 Å². The molecule has 0 aliphatic carbocycles. The molecule has 5 nitrogen and oxygen atoms in total. The number of rotatable bonds is 3. The number of carbonyl (C=O) groups excluding carboxylic acids is 1. The Balaban J connectivity index is 1.85. The number of benzene rings is 2. The van der Waals surface area contributed by atoms with Crippen molar-refractivity contribution >= 4 is 45.0 Å². The highest BCUT2D eigenvalue weighted by Gasteiger charge is 2.17. The predicted molar refractivity (Wildman–Crippen MR) is 113 cm³/mol. The summed E-state index contributed by atoms with van der Waals surface area (Å²) < 4.78 is 15.6. The average molecular weight is 410 g/mol. The van der Waals surface area contributed by atoms with Crippen molar-refractivity contribution in [2.75, 3.05) is 5.32 Å². The summed E-state index contributed by atoms with van der Waals surface area (Å²) >= 11 is 6.05. The molecule has 7 heteroatoms. The van der Waals surface area contributed by atoms with Gasteiger partial charge in [-0.2, -0.15) is 0 Å². The zero-order valence-corrected chi connectivity index (χ0v) is 16.5. The summed E-state index contributed by atoms with van der Waals surface area (Å²) in [5.41, 5.74) is 1.89. The largest absolute Gasteiger partial charge is 0.347 e. The zero-order chi connectivity index (χ0) is 20.7. The molecule has 0 aliphatic rings. The quantitative estimate of drug-likeness (QED) is 0.522. The molecule has 0 radical (unpaired) electrons. The third-order valence-electron chi connectivity index (χ3n) is 4.77. The number of hydrogen-bond donors (Lipinski definition) is 1. The van der Waals surface area contributed by atoms with Gasteiger partial charge < -0.3 is 9.88 Å². The van der Waals surface area contributed by atoms with Crippen molar-refractivity contribution in [2.45, 2.75) is 20.4 Å². The number of hydrogen-bond acceptors (Lipinski definition) is 3. The molecular formula is C22H17ClFN3O2. The molecule has 0 fully saturated rings. The van der Waals surface area contributed by atoms with Crippen LogP contribution in [0.5, 0.6) is 0 Å². The van der Waals surface area contributed by atoms with Crippen LogP contribution in [0, 0.1) is 12.7 Å². The number of aryl methyl sites for hydroxylation is 2. The van der Waals surface area contributed by atoms with Crippen molar-refractivity contribution < 1.29 is 9.18 Å². The second-order valence-electron chi connectivity index (χ2n) is 6.75. The first-order valence-corrected chi connectivity index (χ1v) is 9.46. The second kappa shape index (κ2) is 7.29. The van der Waals surface area contributed by atoms with Crippen LogP contribution in [-0.4, -0.2) is 15.5 Å². The van der Waals surface area contributed by atoms with Gasteiger partial charge >= 0.3 is 0 Å². The van der Waals surface area contributed by atoms with Crippen molar-refractivity contribution in [3.8, 4) is 0 Å². The predicted octanol–water partition coefficient (Wildman–Crippen LogP) is 4.92. The maximum absolute atomic E-state index is 13.7. The number of amides is 1. The Hall–Kier alpha value is -3.25. The van der Waals surface area contributed by atoms with Gasteiger partial charge in [0.15, 0.2) is 0 Å². The van der Waals surface area contributed by atoms with Gasteiger partial charge in [0.25, 0.3) is 5.91 Å². The summed E-state index contributed by atoms with van der Waals surface area (Å²) in [7, 11) is 0. The minimum atomic E-state index is -0.574. The first kappa shape index (κ1) is 19.1. The fourth-order valence-corrected chi connectivity index (χ4v) is 3.59. The highest BCUT2D eigenvalue weighted by atomic mass is 35.5. The van der Waals surface area contributed by atoms with E-state index in [9.17, 15) is 14.0 Å². The molecule has 146 valence electrons. The topological polar surface area (TPSA) is 64.0 Å². The van der Waals surface area contributed by atoms with Gasteiger partial charge in [0, 0.05) is 34.2 Å². The molecule has 29 heavy (non-hydrogen) atoms. The highest BCUT2D eigenvalue weighted by Crippen LogP contribution is 2.25. The molecular weight excluding hydrogens is 393 g/mol. The number of nitrogens with zero attached hydrogens (tertiary/aromatic N) is 2. The van der Waals surface area contributed by atoms with E-state index >= 15 is 0 Å². The van der Waals surface area contributed by atoms with Gasteiger partial charge in [-0.15, -0.1) is 0 Å². The van der Waals surface area contributed by atoms with Crippen molar-refractivity contribution in [2.24, 2.45) is 0 Å². The molecule has 1 amide bonds. The standard InChI is InChI=1S/C22H17ClFN3O2/c1-3-27-11-17(21(28)16-9-13(23)4-7-20(16)27)22(29)26-19-8-12(2)25-18-6-5-14(24)10-15(18)19/h4-11H,3H2,1-2H3,(H,25,26,29). The number of halogens is 2. The fourth-order valence-electron chi connectivity index (χ4n) is 3.42. The van der Waals surface area contributed by atoms with Gasteiger partial charge in [-0.05, 0) is 56.3 Å². The van der Waals surface area contributed by atoms with Crippen LogP contribution in [0.4, 0.5) is 10.1 Å². The van der Waals surface area contributed by atoms with Gasteiger partial charge in [0.2, 0.25) is 5.43 Å². The van der Waals surface area contributed by atoms with Crippen LogP contribution in [0.15, 0.2) is 53.5 Å². The number of aromatic nitrogens is 2. The van der Waals surface area contributed by atoms with Crippen LogP contribution in [0.1, 0.15) is 23.0 Å². The Morgan fingerprint density at radius 1 is 1.17 bits per heavy atom. The Labute approximate surface area is 170 Å². The Morgan fingerprint density at radius 2 is 1.97 bits per heavy atom. The molecule has 2 heterocycles. The van der Waals surface area contributed by atoms with E-state index in [1.807, 2.05) is 11.5 Å². The molecule has 2 aromatic carbocycles. The van der Waals surface area contributed by atoms with Gasteiger partial charge in [-0.1, -0.05) is 11.6 Å². The maximum atomic E-state index is 13.7. The lowest BCUT2D eigenvalue weighted by Crippen LogP contribution is -2.24. The van der Waals surface area contributed by atoms with Crippen LogP contribution in [-0.2, 0) is 6.54 Å². The van der Waals surface area contributed by atoms with Crippen LogP contribution in [0.2, 0.25) is 5.02 Å². The molecule has 0 saturated carbocycles. The molecule has 4 rings (SSSR count). The van der Waals surface area contributed by atoms with E-state index < -0.39 is 17.2 Å². The van der Waals surface area contributed by atoms with Crippen LogP contribution >= 0.6 is 11.6 Å². The molecule has 0 spiro atoms. The van der Waals surface area contributed by atoms with Crippen LogP contribution in [0.3, 0.4) is 0 Å². The number of pyridine rings is 2. The summed E-state index contributed by atoms with van der Waals surface area (Å²) in [6.07, 6.45) is 1.53. The van der Waals surface area contributed by atoms with Crippen molar-refractivity contribution in [3.63, 3.8) is 0 Å². The Kier molecular flexibility index (Phi) is 4.80. The smallest absolute Gasteiger partial charge is 0.261 e. The molecule has 0 aliphatic heterocycles. The SMILES string of the molecule is CCn1cc(C(=O)Nc2cc(C)nc3ccc(F)cc23)c(=O)c2cc(Cl)ccc21. The normalized spacial score (nSPS) is 11.2. The number of nitrogens with one attached hydrogen (secondary N) is 1. The monoisotopic (exact) mass is 409 g/mol. The molecule has 4 aromatic rings. The lowest BCUT2D eigenvalue weighted by Gasteiger charge is -2.13. The summed E-state index contributed by atoms with van der Waals surface area (Å²) in [6.45, 7) is 4.27. The Morgan fingerprint density at radius 3 is 2.72 bits per heavy atom. The fraction of sp³-hybridized carbons (Fsp3) is 0.136. The first-order chi connectivity index (χ1) is 13.9. The van der Waals surface area contributed by atoms with Crippen molar-refractivity contribution in [1.82, 2.24) is 9.55 Å². The maximum Gasteiger partial charge on any atom is 0.261 e. The van der Waals surface area contributed by atoms with Crippen LogP contribution < -0.4 is 10.7 Å². The first-order valence-electron chi connectivity index (χ1n) is 9.08. The van der Waals surface area contributed by atoms with Crippen molar-refractivity contribution in [3.05, 3.63) is 81.0 Å². The molecule has 0 unspecified atom stereocenters. The molecule has 1 N–H and O–H groups in total. The number of carbonyl (C=O) groups is 1. The second-order valence-corrected chi connectivity index (χ2v) is 7.18.